The fourth-order valence-electron chi connectivity index (χ4n) is 6.94. The number of nitrogens with zero attached hydrogens (tertiary/aromatic N) is 6. The van der Waals surface area contributed by atoms with Crippen molar-refractivity contribution in [3.8, 4) is 51.2 Å². The number of fused-ring (bicyclic) bond motifs is 1. The SMILES string of the molecule is C=C/C(C[C@@H](Oc1nsc2cnc(-c3ccc(F)c(F)c3)c(-c3ccc(OCCN4CCN(C)CC4)c(Cl)c3C)c12)C(=O)O)=C(\C)OCc1ccnc(-c2ccccc2O)n1. The van der Waals surface area contributed by atoms with Gasteiger partial charge in [-0.3, -0.25) is 9.88 Å². The molecule has 2 N–H and O–H groups in total. The van der Waals surface area contributed by atoms with Gasteiger partial charge in [-0.25, -0.2) is 23.5 Å². The Bertz CT molecular complexity index is 2620. The van der Waals surface area contributed by atoms with E-state index in [1.165, 1.54) is 18.3 Å². The topological polar surface area (TPSA) is 143 Å². The minimum absolute atomic E-state index is 0.00341. The molecule has 1 fully saturated rings. The first-order chi connectivity index (χ1) is 29.4. The number of likely N-dealkylation sites (N-methyl/N-ethyl adjacent to an activating group) is 1. The zero-order valence-electron chi connectivity index (χ0n) is 33.7. The molecule has 0 amide bonds. The van der Waals surface area contributed by atoms with Crippen LogP contribution in [0.1, 0.15) is 24.6 Å². The molecule has 3 aromatic heterocycles. The van der Waals surface area contributed by atoms with E-state index in [4.69, 9.17) is 25.8 Å². The smallest absolute Gasteiger partial charge is 0.345 e. The van der Waals surface area contributed by atoms with Crippen LogP contribution >= 0.6 is 23.1 Å². The van der Waals surface area contributed by atoms with Gasteiger partial charge in [-0.2, -0.15) is 4.37 Å². The minimum Gasteiger partial charge on any atom is -0.507 e. The zero-order valence-corrected chi connectivity index (χ0v) is 35.3. The van der Waals surface area contributed by atoms with Gasteiger partial charge in [0.1, 0.15) is 24.7 Å². The maximum atomic E-state index is 14.8. The van der Waals surface area contributed by atoms with Crippen molar-refractivity contribution in [3.63, 3.8) is 0 Å². The van der Waals surface area contributed by atoms with E-state index in [0.717, 1.165) is 56.4 Å². The van der Waals surface area contributed by atoms with Crippen LogP contribution in [0.15, 0.2) is 97.0 Å². The summed E-state index contributed by atoms with van der Waals surface area (Å²) >= 11 is 8.04. The maximum absolute atomic E-state index is 14.8. The Hall–Kier alpha value is -6.00. The Morgan fingerprint density at radius 3 is 2.57 bits per heavy atom. The summed E-state index contributed by atoms with van der Waals surface area (Å²) in [6.45, 7) is 12.4. The van der Waals surface area contributed by atoms with Crippen molar-refractivity contribution in [1.82, 2.24) is 29.1 Å². The molecule has 0 spiro atoms. The zero-order chi connectivity index (χ0) is 43.2. The summed E-state index contributed by atoms with van der Waals surface area (Å²) < 4.78 is 52.5. The molecule has 61 heavy (non-hydrogen) atoms. The molecule has 0 aliphatic carbocycles. The van der Waals surface area contributed by atoms with Gasteiger partial charge in [0, 0.05) is 62.7 Å². The fraction of sp³-hybridized carbons (Fsp3) is 0.267. The number of pyridine rings is 1. The number of carbonyl (C=O) groups is 1. The number of rotatable bonds is 16. The first-order valence-electron chi connectivity index (χ1n) is 19.4. The predicted molar refractivity (Wildman–Crippen MR) is 231 cm³/mol. The molecule has 0 bridgehead atoms. The molecule has 0 unspecified atom stereocenters. The second-order valence-corrected chi connectivity index (χ2v) is 15.7. The molecule has 4 heterocycles. The maximum Gasteiger partial charge on any atom is 0.345 e. The van der Waals surface area contributed by atoms with Crippen LogP contribution in [0.4, 0.5) is 8.78 Å². The van der Waals surface area contributed by atoms with Gasteiger partial charge in [0.25, 0.3) is 0 Å². The number of phenolic OH excluding ortho intramolecular Hbond substituents is 1. The van der Waals surface area contributed by atoms with Gasteiger partial charge in [-0.15, -0.1) is 0 Å². The molecule has 12 nitrogen and oxygen atoms in total. The van der Waals surface area contributed by atoms with Crippen LogP contribution in [0.25, 0.3) is 43.9 Å². The third-order valence-electron chi connectivity index (χ3n) is 10.5. The number of phenols is 1. The highest BCUT2D eigenvalue weighted by molar-refractivity contribution is 7.13. The Kier molecular flexibility index (Phi) is 13.5. The van der Waals surface area contributed by atoms with Gasteiger partial charge in [-0.1, -0.05) is 42.5 Å². The van der Waals surface area contributed by atoms with Gasteiger partial charge >= 0.3 is 5.97 Å². The average molecular weight is 869 g/mol. The number of carboxylic acid groups (broad SMARTS) is 1. The number of hydrogen-bond acceptors (Lipinski definition) is 12. The number of aromatic nitrogens is 4. The molecule has 0 radical (unpaired) electrons. The van der Waals surface area contributed by atoms with Gasteiger partial charge in [0.2, 0.25) is 12.0 Å². The average Bonchev–Trinajstić information content (AvgIpc) is 3.67. The number of hydrogen-bond donors (Lipinski definition) is 2. The molecule has 7 rings (SSSR count). The monoisotopic (exact) mass is 868 g/mol. The number of piperazine rings is 1. The molecule has 1 aliphatic heterocycles. The van der Waals surface area contributed by atoms with Crippen molar-refractivity contribution in [2.75, 3.05) is 46.4 Å². The van der Waals surface area contributed by atoms with E-state index in [-0.39, 0.29) is 35.9 Å². The minimum atomic E-state index is -1.46. The summed E-state index contributed by atoms with van der Waals surface area (Å²) in [4.78, 5) is 30.9. The van der Waals surface area contributed by atoms with E-state index in [1.54, 1.807) is 49.5 Å². The van der Waals surface area contributed by atoms with Crippen LogP contribution in [-0.2, 0) is 16.1 Å². The lowest BCUT2D eigenvalue weighted by Crippen LogP contribution is -2.45. The van der Waals surface area contributed by atoms with Gasteiger partial charge in [0.05, 0.1) is 37.8 Å². The van der Waals surface area contributed by atoms with Crippen LogP contribution in [0, 0.1) is 18.6 Å². The van der Waals surface area contributed by atoms with E-state index >= 15 is 0 Å². The molecule has 316 valence electrons. The summed E-state index contributed by atoms with van der Waals surface area (Å²) in [5, 5.41) is 21.5. The summed E-state index contributed by atoms with van der Waals surface area (Å²) in [6, 6.07) is 15.4. The Morgan fingerprint density at radius 2 is 1.84 bits per heavy atom. The molecule has 1 atom stereocenters. The van der Waals surface area contributed by atoms with E-state index in [2.05, 4.69) is 42.8 Å². The van der Waals surface area contributed by atoms with Crippen molar-refractivity contribution in [2.45, 2.75) is 33.0 Å². The Morgan fingerprint density at radius 1 is 1.05 bits per heavy atom. The molecule has 3 aromatic carbocycles. The highest BCUT2D eigenvalue weighted by atomic mass is 35.5. The van der Waals surface area contributed by atoms with Crippen LogP contribution in [-0.4, -0.2) is 97.8 Å². The Balaban J connectivity index is 1.19. The number of halogens is 3. The lowest BCUT2D eigenvalue weighted by Gasteiger charge is -2.32. The number of para-hydroxylation sites is 1. The van der Waals surface area contributed by atoms with Crippen LogP contribution < -0.4 is 9.47 Å². The number of ether oxygens (including phenoxy) is 3. The summed E-state index contributed by atoms with van der Waals surface area (Å²) in [5.74, 6) is -2.13. The first-order valence-corrected chi connectivity index (χ1v) is 20.6. The van der Waals surface area contributed by atoms with Crippen LogP contribution in [0.3, 0.4) is 0 Å². The lowest BCUT2D eigenvalue weighted by molar-refractivity contribution is -0.145. The van der Waals surface area contributed by atoms with Gasteiger partial charge < -0.3 is 29.3 Å². The normalized spacial score (nSPS) is 14.4. The van der Waals surface area contributed by atoms with E-state index < -0.39 is 23.7 Å². The predicted octanol–water partition coefficient (Wildman–Crippen LogP) is 8.95. The van der Waals surface area contributed by atoms with Crippen molar-refractivity contribution >= 4 is 39.2 Å². The highest BCUT2D eigenvalue weighted by Gasteiger charge is 2.28. The standard InChI is InChI=1S/C45H43ClF2N6O6S/c1-5-28(27(3)59-25-30-14-15-49-43(51-30)32-8-6-7-9-35(32)55)23-37(45(56)57)60-44-40-38(61-52-44)24-50-42(29-10-12-33(47)34(48)22-29)39(40)31-11-13-36(41(46)26(31)2)58-21-20-54-18-16-53(4)17-19-54/h5-15,22,24,37,55H,1,16-21,23,25H2,2-4H3,(H,56,57)/b28-27-/t37-/m1/s1. The van der Waals surface area contributed by atoms with Crippen molar-refractivity contribution in [2.24, 2.45) is 0 Å². The summed E-state index contributed by atoms with van der Waals surface area (Å²) in [7, 11) is 2.10. The summed E-state index contributed by atoms with van der Waals surface area (Å²) in [5.41, 5.74) is 3.62. The van der Waals surface area contributed by atoms with E-state index in [9.17, 15) is 23.8 Å². The molecular formula is C45H43ClF2N6O6S. The fourth-order valence-corrected chi connectivity index (χ4v) is 7.86. The second-order valence-electron chi connectivity index (χ2n) is 14.5. The van der Waals surface area contributed by atoms with E-state index in [0.29, 0.717) is 72.6 Å². The van der Waals surface area contributed by atoms with Gasteiger partial charge in [0.15, 0.2) is 17.5 Å². The Labute approximate surface area is 360 Å². The first kappa shape index (κ1) is 43.1. The molecule has 0 saturated carbocycles. The molecule has 1 aliphatic rings. The summed E-state index contributed by atoms with van der Waals surface area (Å²) in [6.07, 6.45) is 2.98. The van der Waals surface area contributed by atoms with Crippen LogP contribution in [0.5, 0.6) is 17.4 Å². The molecule has 16 heteroatoms. The highest BCUT2D eigenvalue weighted by Crippen LogP contribution is 2.46. The van der Waals surface area contributed by atoms with Crippen LogP contribution in [0.2, 0.25) is 5.02 Å². The molecule has 1 saturated heterocycles. The number of aromatic hydroxyl groups is 1. The molecular weight excluding hydrogens is 826 g/mol. The quantitative estimate of drug-likeness (QED) is 0.0708. The lowest BCUT2D eigenvalue weighted by atomic mass is 9.93. The second kappa shape index (κ2) is 19.1. The van der Waals surface area contributed by atoms with Gasteiger partial charge in [-0.05, 0) is 91.6 Å². The third-order valence-corrected chi connectivity index (χ3v) is 11.7. The number of allylic oxidation sites excluding steroid dienone is 2. The van der Waals surface area contributed by atoms with Crippen molar-refractivity contribution in [1.29, 1.82) is 0 Å². The molecule has 6 aromatic rings. The number of aliphatic carboxylic acids is 1. The number of carboxylic acids is 1. The van der Waals surface area contributed by atoms with Crippen molar-refractivity contribution < 1.29 is 38.0 Å². The number of benzene rings is 3. The van der Waals surface area contributed by atoms with E-state index in [1.807, 2.05) is 13.0 Å². The van der Waals surface area contributed by atoms with Crippen molar-refractivity contribution in [3.05, 3.63) is 125 Å². The largest absolute Gasteiger partial charge is 0.507 e. The third kappa shape index (κ3) is 9.81.